The van der Waals surface area contributed by atoms with Gasteiger partial charge in [0.1, 0.15) is 0 Å². The molecule has 1 aromatic rings. The Balaban J connectivity index is 1.88. The fourth-order valence-electron chi connectivity index (χ4n) is 1.80. The first-order chi connectivity index (χ1) is 7.16. The third-order valence-corrected chi connectivity index (χ3v) is 4.61. The molecule has 1 aliphatic rings. The molecule has 0 aliphatic heterocycles. The summed E-state index contributed by atoms with van der Waals surface area (Å²) in [7, 11) is 0. The van der Waals surface area contributed by atoms with Crippen LogP contribution in [0.1, 0.15) is 37.8 Å². The SMILES string of the molecule is CC(NCC1CCC1)c1cc(Cl)sc1Cl. The van der Waals surface area contributed by atoms with Crippen LogP contribution in [0.2, 0.25) is 8.67 Å². The molecule has 1 fully saturated rings. The predicted molar refractivity (Wildman–Crippen MR) is 68.1 cm³/mol. The van der Waals surface area contributed by atoms with Gasteiger partial charge in [-0.25, -0.2) is 0 Å². The molecule has 1 nitrogen and oxygen atoms in total. The Hall–Kier alpha value is 0.240. The molecule has 1 N–H and O–H groups in total. The maximum atomic E-state index is 6.10. The largest absolute Gasteiger partial charge is 0.310 e. The molecule has 2 rings (SSSR count). The summed E-state index contributed by atoms with van der Waals surface area (Å²) in [5.41, 5.74) is 1.13. The predicted octanol–water partition coefficient (Wildman–Crippen LogP) is 4.51. The highest BCUT2D eigenvalue weighted by Crippen LogP contribution is 2.35. The van der Waals surface area contributed by atoms with Crippen molar-refractivity contribution in [2.24, 2.45) is 5.92 Å². The molecule has 15 heavy (non-hydrogen) atoms. The van der Waals surface area contributed by atoms with Gasteiger partial charge in [-0.1, -0.05) is 29.6 Å². The fourth-order valence-corrected chi connectivity index (χ4v) is 3.44. The summed E-state index contributed by atoms with van der Waals surface area (Å²) in [6, 6.07) is 2.27. The maximum Gasteiger partial charge on any atom is 0.0991 e. The molecular weight excluding hydrogens is 249 g/mol. The molecule has 1 heterocycles. The second-order valence-electron chi connectivity index (χ2n) is 4.21. The van der Waals surface area contributed by atoms with Crippen LogP contribution in [-0.2, 0) is 0 Å². The van der Waals surface area contributed by atoms with E-state index in [1.807, 2.05) is 6.07 Å². The van der Waals surface area contributed by atoms with Gasteiger partial charge in [0, 0.05) is 6.04 Å². The molecule has 4 heteroatoms. The lowest BCUT2D eigenvalue weighted by atomic mass is 9.85. The Kier molecular flexibility index (Phi) is 3.94. The van der Waals surface area contributed by atoms with Crippen LogP contribution in [0.25, 0.3) is 0 Å². The summed E-state index contributed by atoms with van der Waals surface area (Å²) < 4.78 is 1.58. The lowest BCUT2D eigenvalue weighted by Crippen LogP contribution is -2.29. The van der Waals surface area contributed by atoms with Gasteiger partial charge in [-0.15, -0.1) is 11.3 Å². The van der Waals surface area contributed by atoms with E-state index in [1.54, 1.807) is 0 Å². The minimum atomic E-state index is 0.307. The number of hydrogen-bond acceptors (Lipinski definition) is 2. The molecule has 0 amide bonds. The second-order valence-corrected chi connectivity index (χ2v) is 6.49. The molecule has 0 spiro atoms. The van der Waals surface area contributed by atoms with Gasteiger partial charge in [-0.05, 0) is 43.9 Å². The zero-order chi connectivity index (χ0) is 10.8. The standard InChI is InChI=1S/C11H15Cl2NS/c1-7(14-6-8-3-2-4-8)9-5-10(12)15-11(9)13/h5,7-8,14H,2-4,6H2,1H3. The third-order valence-electron chi connectivity index (χ3n) is 3.09. The molecule has 1 aromatic heterocycles. The smallest absolute Gasteiger partial charge is 0.0991 e. The Bertz CT molecular complexity index is 333. The zero-order valence-corrected chi connectivity index (χ0v) is 11.1. The second kappa shape index (κ2) is 5.05. The van der Waals surface area contributed by atoms with Crippen LogP contribution in [0.3, 0.4) is 0 Å². The lowest BCUT2D eigenvalue weighted by Gasteiger charge is -2.27. The van der Waals surface area contributed by atoms with Crippen molar-refractivity contribution < 1.29 is 0 Å². The summed E-state index contributed by atoms with van der Waals surface area (Å²) in [6.07, 6.45) is 4.14. The van der Waals surface area contributed by atoms with E-state index in [0.29, 0.717) is 6.04 Å². The van der Waals surface area contributed by atoms with E-state index in [1.165, 1.54) is 30.6 Å². The van der Waals surface area contributed by atoms with Crippen LogP contribution in [0, 0.1) is 5.92 Å². The lowest BCUT2D eigenvalue weighted by molar-refractivity contribution is 0.292. The van der Waals surface area contributed by atoms with Crippen molar-refractivity contribution in [1.82, 2.24) is 5.32 Å². The highest BCUT2D eigenvalue weighted by molar-refractivity contribution is 7.20. The van der Waals surface area contributed by atoms with Crippen LogP contribution in [0.4, 0.5) is 0 Å². The van der Waals surface area contributed by atoms with E-state index >= 15 is 0 Å². The topological polar surface area (TPSA) is 12.0 Å². The van der Waals surface area contributed by atoms with Gasteiger partial charge < -0.3 is 5.32 Å². The van der Waals surface area contributed by atoms with E-state index in [0.717, 1.165) is 26.7 Å². The fraction of sp³-hybridized carbons (Fsp3) is 0.636. The van der Waals surface area contributed by atoms with Crippen molar-refractivity contribution in [3.05, 3.63) is 20.3 Å². The van der Waals surface area contributed by atoms with Crippen molar-refractivity contribution in [1.29, 1.82) is 0 Å². The molecule has 1 saturated carbocycles. The van der Waals surface area contributed by atoms with Crippen molar-refractivity contribution in [3.63, 3.8) is 0 Å². The van der Waals surface area contributed by atoms with Crippen LogP contribution in [0.15, 0.2) is 6.07 Å². The molecule has 1 atom stereocenters. The minimum Gasteiger partial charge on any atom is -0.310 e. The van der Waals surface area contributed by atoms with Crippen molar-refractivity contribution in [2.45, 2.75) is 32.2 Å². The highest BCUT2D eigenvalue weighted by atomic mass is 35.5. The Morgan fingerprint density at radius 1 is 1.53 bits per heavy atom. The van der Waals surface area contributed by atoms with Crippen LogP contribution < -0.4 is 5.32 Å². The van der Waals surface area contributed by atoms with E-state index in [-0.39, 0.29) is 0 Å². The third kappa shape index (κ3) is 2.88. The van der Waals surface area contributed by atoms with E-state index in [4.69, 9.17) is 23.2 Å². The molecular formula is C11H15Cl2NS. The van der Waals surface area contributed by atoms with Gasteiger partial charge in [0.15, 0.2) is 0 Å². The van der Waals surface area contributed by atoms with Gasteiger partial charge in [0.2, 0.25) is 0 Å². The molecule has 1 unspecified atom stereocenters. The van der Waals surface area contributed by atoms with Crippen molar-refractivity contribution in [2.75, 3.05) is 6.54 Å². The van der Waals surface area contributed by atoms with Gasteiger partial charge in [-0.2, -0.15) is 0 Å². The first-order valence-corrected chi connectivity index (χ1v) is 6.92. The summed E-state index contributed by atoms with van der Waals surface area (Å²) in [5.74, 6) is 0.875. The number of nitrogens with one attached hydrogen (secondary N) is 1. The average Bonchev–Trinajstić information content (AvgIpc) is 2.42. The zero-order valence-electron chi connectivity index (χ0n) is 8.72. The molecule has 0 aromatic carbocycles. The van der Waals surface area contributed by atoms with Crippen molar-refractivity contribution >= 4 is 34.5 Å². The molecule has 0 saturated heterocycles. The summed E-state index contributed by atoms with van der Waals surface area (Å²) >= 11 is 13.5. The van der Waals surface area contributed by atoms with E-state index < -0.39 is 0 Å². The summed E-state index contributed by atoms with van der Waals surface area (Å²) in [6.45, 7) is 3.24. The number of hydrogen-bond donors (Lipinski definition) is 1. The number of rotatable bonds is 4. The Labute approximate surface area is 105 Å². The highest BCUT2D eigenvalue weighted by Gasteiger charge is 2.19. The minimum absolute atomic E-state index is 0.307. The summed E-state index contributed by atoms with van der Waals surface area (Å²) in [5, 5.41) is 3.52. The molecule has 84 valence electrons. The van der Waals surface area contributed by atoms with Crippen LogP contribution >= 0.6 is 34.5 Å². The van der Waals surface area contributed by atoms with E-state index in [9.17, 15) is 0 Å². The van der Waals surface area contributed by atoms with Crippen molar-refractivity contribution in [3.8, 4) is 0 Å². The van der Waals surface area contributed by atoms with Gasteiger partial charge >= 0.3 is 0 Å². The monoisotopic (exact) mass is 263 g/mol. The number of halogens is 2. The molecule has 0 radical (unpaired) electrons. The van der Waals surface area contributed by atoms with Crippen LogP contribution in [0.5, 0.6) is 0 Å². The molecule has 1 aliphatic carbocycles. The Morgan fingerprint density at radius 3 is 2.73 bits per heavy atom. The van der Waals surface area contributed by atoms with Crippen LogP contribution in [-0.4, -0.2) is 6.54 Å². The average molecular weight is 264 g/mol. The summed E-state index contributed by atoms with van der Waals surface area (Å²) in [4.78, 5) is 0. The normalized spacial score (nSPS) is 18.9. The van der Waals surface area contributed by atoms with Gasteiger partial charge in [0.05, 0.1) is 8.67 Å². The van der Waals surface area contributed by atoms with Gasteiger partial charge in [0.25, 0.3) is 0 Å². The maximum absolute atomic E-state index is 6.10. The number of thiophene rings is 1. The quantitative estimate of drug-likeness (QED) is 0.843. The molecule has 0 bridgehead atoms. The van der Waals surface area contributed by atoms with E-state index in [2.05, 4.69) is 12.2 Å². The first-order valence-electron chi connectivity index (χ1n) is 5.35. The Morgan fingerprint density at radius 2 is 2.27 bits per heavy atom. The first kappa shape index (κ1) is 11.7. The van der Waals surface area contributed by atoms with Gasteiger partial charge in [-0.3, -0.25) is 0 Å².